The number of ketones is 1. The predicted octanol–water partition coefficient (Wildman–Crippen LogP) is 4.75. The van der Waals surface area contributed by atoms with E-state index in [1.165, 1.54) is 11.8 Å². The molecule has 7 heteroatoms. The number of benzene rings is 2. The van der Waals surface area contributed by atoms with Gasteiger partial charge in [0.05, 0.1) is 24.2 Å². The summed E-state index contributed by atoms with van der Waals surface area (Å²) < 4.78 is 13.0. The number of hydrogen-bond donors (Lipinski definition) is 0. The van der Waals surface area contributed by atoms with Crippen molar-refractivity contribution in [1.82, 2.24) is 14.8 Å². The number of hydrogen-bond acceptors (Lipinski definition) is 6. The third kappa shape index (κ3) is 3.41. The van der Waals surface area contributed by atoms with Crippen LogP contribution in [0.2, 0.25) is 0 Å². The Hall–Kier alpha value is -3.32. The maximum Gasteiger partial charge on any atom is 0.196 e. The van der Waals surface area contributed by atoms with Crippen molar-refractivity contribution in [2.45, 2.75) is 18.5 Å². The lowest BCUT2D eigenvalue weighted by molar-refractivity contribution is 0.102. The molecule has 0 atom stereocenters. The number of carbonyl (C=O) groups is 1. The summed E-state index contributed by atoms with van der Waals surface area (Å²) in [6.07, 6.45) is 2.49. The van der Waals surface area contributed by atoms with E-state index in [0.717, 1.165) is 34.7 Å². The number of nitrogens with zero attached hydrogens (tertiary/aromatic N) is 3. The minimum absolute atomic E-state index is 0.0540. The van der Waals surface area contributed by atoms with Crippen LogP contribution in [-0.4, -0.2) is 32.9 Å². The second kappa shape index (κ2) is 7.84. The Morgan fingerprint density at radius 3 is 2.80 bits per heavy atom. The van der Waals surface area contributed by atoms with Gasteiger partial charge in [-0.3, -0.25) is 9.36 Å². The molecule has 0 saturated carbocycles. The smallest absolute Gasteiger partial charge is 0.196 e. The third-order valence-electron chi connectivity index (χ3n) is 5.09. The van der Waals surface area contributed by atoms with Crippen LogP contribution >= 0.6 is 11.8 Å². The lowest BCUT2D eigenvalue weighted by atomic mass is 10.1. The van der Waals surface area contributed by atoms with E-state index in [9.17, 15) is 4.79 Å². The van der Waals surface area contributed by atoms with Gasteiger partial charge in [0, 0.05) is 17.7 Å². The van der Waals surface area contributed by atoms with Gasteiger partial charge in [-0.15, -0.1) is 10.2 Å². The lowest BCUT2D eigenvalue weighted by Crippen LogP contribution is -2.05. The van der Waals surface area contributed by atoms with E-state index in [4.69, 9.17) is 9.15 Å². The van der Waals surface area contributed by atoms with Gasteiger partial charge in [0.25, 0.3) is 0 Å². The summed E-state index contributed by atoms with van der Waals surface area (Å²) in [5.74, 6) is 2.67. The summed E-state index contributed by atoms with van der Waals surface area (Å²) in [5.41, 5.74) is 3.60. The Labute approximate surface area is 177 Å². The van der Waals surface area contributed by atoms with Crippen LogP contribution in [0, 0.1) is 6.92 Å². The van der Waals surface area contributed by atoms with Crippen LogP contribution in [0.1, 0.15) is 21.7 Å². The molecule has 0 aliphatic carbocycles. The Balaban J connectivity index is 1.44. The number of aryl methyl sites for hydroxylation is 1. The van der Waals surface area contributed by atoms with E-state index in [0.29, 0.717) is 23.2 Å². The van der Waals surface area contributed by atoms with Crippen LogP contribution < -0.4 is 4.74 Å². The van der Waals surface area contributed by atoms with Crippen LogP contribution in [0.15, 0.2) is 70.4 Å². The van der Waals surface area contributed by atoms with E-state index in [1.54, 1.807) is 6.26 Å². The molecule has 0 radical (unpaired) electrons. The highest BCUT2D eigenvalue weighted by molar-refractivity contribution is 7.99. The van der Waals surface area contributed by atoms with Crippen molar-refractivity contribution in [3.63, 3.8) is 0 Å². The Kier molecular flexibility index (Phi) is 4.88. The van der Waals surface area contributed by atoms with E-state index < -0.39 is 0 Å². The quantitative estimate of drug-likeness (QED) is 0.333. The zero-order valence-electron chi connectivity index (χ0n) is 16.4. The molecule has 0 unspecified atom stereocenters. The van der Waals surface area contributed by atoms with Crippen LogP contribution in [0.4, 0.5) is 0 Å². The number of thioether (sulfide) groups is 1. The number of ether oxygens (including phenoxy) is 1. The first-order chi connectivity index (χ1) is 14.7. The Morgan fingerprint density at radius 1 is 1.13 bits per heavy atom. The lowest BCUT2D eigenvalue weighted by Gasteiger charge is -2.10. The third-order valence-corrected chi connectivity index (χ3v) is 6.02. The molecule has 2 aromatic heterocycles. The minimum atomic E-state index is 0.0540. The largest absolute Gasteiger partial charge is 0.493 e. The van der Waals surface area contributed by atoms with Gasteiger partial charge in [0.15, 0.2) is 16.8 Å². The second-order valence-electron chi connectivity index (χ2n) is 7.00. The van der Waals surface area contributed by atoms with E-state index >= 15 is 0 Å². The summed E-state index contributed by atoms with van der Waals surface area (Å²) in [6, 6.07) is 17.4. The van der Waals surface area contributed by atoms with E-state index in [-0.39, 0.29) is 11.5 Å². The highest BCUT2D eigenvalue weighted by atomic mass is 32.2. The van der Waals surface area contributed by atoms with Gasteiger partial charge >= 0.3 is 0 Å². The maximum atomic E-state index is 12.8. The second-order valence-corrected chi connectivity index (χ2v) is 7.94. The molecular weight excluding hydrogens is 398 g/mol. The average Bonchev–Trinajstić information content (AvgIpc) is 3.51. The number of rotatable bonds is 6. The highest BCUT2D eigenvalue weighted by Gasteiger charge is 2.20. The van der Waals surface area contributed by atoms with Crippen molar-refractivity contribution in [2.75, 3.05) is 12.4 Å². The molecule has 3 heterocycles. The fourth-order valence-electron chi connectivity index (χ4n) is 3.54. The number of aromatic nitrogens is 3. The number of fused-ring (bicyclic) bond motifs is 1. The molecule has 0 N–H and O–H groups in total. The van der Waals surface area contributed by atoms with Gasteiger partial charge < -0.3 is 9.15 Å². The van der Waals surface area contributed by atoms with Crippen LogP contribution in [0.3, 0.4) is 0 Å². The molecule has 1 aliphatic rings. The molecule has 2 aromatic carbocycles. The summed E-state index contributed by atoms with van der Waals surface area (Å²) >= 11 is 1.38. The first-order valence-corrected chi connectivity index (χ1v) is 10.7. The molecule has 30 heavy (non-hydrogen) atoms. The van der Waals surface area contributed by atoms with Crippen molar-refractivity contribution >= 4 is 17.5 Å². The summed E-state index contributed by atoms with van der Waals surface area (Å²) in [7, 11) is 0. The number of carbonyl (C=O) groups excluding carboxylic acids is 1. The van der Waals surface area contributed by atoms with Crippen molar-refractivity contribution < 1.29 is 13.9 Å². The predicted molar refractivity (Wildman–Crippen MR) is 114 cm³/mol. The molecule has 1 aliphatic heterocycles. The van der Waals surface area contributed by atoms with Crippen LogP contribution in [-0.2, 0) is 6.42 Å². The van der Waals surface area contributed by atoms with Gasteiger partial charge in [-0.25, -0.2) is 0 Å². The Morgan fingerprint density at radius 2 is 2.00 bits per heavy atom. The molecule has 0 amide bonds. The monoisotopic (exact) mass is 417 g/mol. The summed E-state index contributed by atoms with van der Waals surface area (Å²) in [6.45, 7) is 2.57. The normalized spacial score (nSPS) is 12.6. The zero-order valence-corrected chi connectivity index (χ0v) is 17.2. The molecule has 150 valence electrons. The molecule has 0 fully saturated rings. The molecule has 0 spiro atoms. The number of para-hydroxylation sites is 1. The van der Waals surface area contributed by atoms with E-state index in [1.807, 2.05) is 66.1 Å². The highest BCUT2D eigenvalue weighted by Crippen LogP contribution is 2.31. The van der Waals surface area contributed by atoms with Gasteiger partial charge in [-0.2, -0.15) is 0 Å². The van der Waals surface area contributed by atoms with Crippen molar-refractivity contribution in [3.05, 3.63) is 77.7 Å². The molecule has 0 bridgehead atoms. The molecule has 6 nitrogen and oxygen atoms in total. The SMILES string of the molecule is Cc1occc1-c1nnc(SCC(=O)c2ccc3c(c2)CCO3)n1-c1ccccc1. The van der Waals surface area contributed by atoms with Crippen molar-refractivity contribution in [1.29, 1.82) is 0 Å². The van der Waals surface area contributed by atoms with Crippen LogP contribution in [0.5, 0.6) is 5.75 Å². The Bertz CT molecular complexity index is 1210. The first kappa shape index (κ1) is 18.7. The molecule has 4 aromatic rings. The number of Topliss-reactive ketones (excluding diaryl/α,β-unsaturated/α-hetero) is 1. The average molecular weight is 417 g/mol. The first-order valence-electron chi connectivity index (χ1n) is 9.68. The van der Waals surface area contributed by atoms with Crippen molar-refractivity contribution in [2.24, 2.45) is 0 Å². The van der Waals surface area contributed by atoms with E-state index in [2.05, 4.69) is 10.2 Å². The van der Waals surface area contributed by atoms with Crippen LogP contribution in [0.25, 0.3) is 17.1 Å². The number of furan rings is 1. The standard InChI is InChI=1S/C23H19N3O3S/c1-15-19(10-12-28-15)22-24-25-23(26(22)18-5-3-2-4-6-18)30-14-20(27)16-7-8-21-17(13-16)9-11-29-21/h2-8,10,12-13H,9,11,14H2,1H3. The molecule has 5 rings (SSSR count). The maximum absolute atomic E-state index is 12.8. The molecular formula is C23H19N3O3S. The van der Waals surface area contributed by atoms with Crippen molar-refractivity contribution in [3.8, 4) is 22.8 Å². The fraction of sp³-hybridized carbons (Fsp3) is 0.174. The van der Waals surface area contributed by atoms with Gasteiger partial charge in [0.1, 0.15) is 11.5 Å². The zero-order chi connectivity index (χ0) is 20.5. The summed E-state index contributed by atoms with van der Waals surface area (Å²) in [4.78, 5) is 12.8. The topological polar surface area (TPSA) is 70.2 Å². The minimum Gasteiger partial charge on any atom is -0.493 e. The fourth-order valence-corrected chi connectivity index (χ4v) is 4.38. The van der Waals surface area contributed by atoms with Gasteiger partial charge in [0.2, 0.25) is 0 Å². The van der Waals surface area contributed by atoms with Gasteiger partial charge in [-0.05, 0) is 48.9 Å². The van der Waals surface area contributed by atoms with Gasteiger partial charge in [-0.1, -0.05) is 30.0 Å². The summed E-state index contributed by atoms with van der Waals surface area (Å²) in [5, 5.41) is 9.43. The molecule has 0 saturated heterocycles.